The number of ether oxygens (including phenoxy) is 5. The first-order valence-electron chi connectivity index (χ1n) is 13.0. The molecule has 208 valence electrons. The van der Waals surface area contributed by atoms with Crippen LogP contribution in [0.2, 0.25) is 0 Å². The molecular weight excluding hydrogens is 516 g/mol. The molecule has 1 aliphatic carbocycles. The number of hydrogen-bond donors (Lipinski definition) is 2. The fraction of sp³-hybridized carbons (Fsp3) is 0.500. The van der Waals surface area contributed by atoms with E-state index in [4.69, 9.17) is 14.2 Å². The van der Waals surface area contributed by atoms with Crippen molar-refractivity contribution in [2.24, 2.45) is 11.8 Å². The van der Waals surface area contributed by atoms with Crippen molar-refractivity contribution in [2.75, 3.05) is 13.7 Å². The maximum Gasteiger partial charge on any atom is 0.586 e. The second-order valence-corrected chi connectivity index (χ2v) is 10.9. The van der Waals surface area contributed by atoms with Crippen molar-refractivity contribution < 1.29 is 47.2 Å². The topological polar surface area (TPSA) is 113 Å². The number of aliphatic carboxylic acids is 1. The van der Waals surface area contributed by atoms with Gasteiger partial charge in [-0.2, -0.15) is 0 Å². The number of amides is 1. The van der Waals surface area contributed by atoms with Crippen molar-refractivity contribution in [1.82, 2.24) is 5.32 Å². The van der Waals surface area contributed by atoms with Gasteiger partial charge in [0.25, 0.3) is 0 Å². The number of fused-ring (bicyclic) bond motifs is 3. The lowest BCUT2D eigenvalue weighted by atomic mass is 9.76. The van der Waals surface area contributed by atoms with Crippen LogP contribution < -0.4 is 29.0 Å². The monoisotopic (exact) mass is 545 g/mol. The van der Waals surface area contributed by atoms with Crippen LogP contribution in [0.5, 0.6) is 28.7 Å². The van der Waals surface area contributed by atoms with E-state index in [9.17, 15) is 23.5 Å². The maximum absolute atomic E-state index is 13.8. The average molecular weight is 546 g/mol. The van der Waals surface area contributed by atoms with Gasteiger partial charge in [0, 0.05) is 29.7 Å². The molecule has 11 heteroatoms. The lowest BCUT2D eigenvalue weighted by Gasteiger charge is -2.39. The van der Waals surface area contributed by atoms with Crippen molar-refractivity contribution in [3.8, 4) is 28.7 Å². The maximum atomic E-state index is 13.8. The Hall–Kier alpha value is -3.76. The second kappa shape index (κ2) is 9.17. The number of rotatable bonds is 5. The fourth-order valence-corrected chi connectivity index (χ4v) is 6.10. The number of alkyl halides is 2. The van der Waals surface area contributed by atoms with E-state index >= 15 is 0 Å². The third-order valence-corrected chi connectivity index (χ3v) is 8.41. The molecule has 0 bridgehead atoms. The Morgan fingerprint density at radius 1 is 1.03 bits per heavy atom. The first-order valence-corrected chi connectivity index (χ1v) is 13.0. The summed E-state index contributed by atoms with van der Waals surface area (Å²) >= 11 is 0. The number of carboxylic acid groups (broad SMARTS) is 1. The molecule has 0 saturated heterocycles. The number of nitrogens with one attached hydrogen (secondary N) is 1. The van der Waals surface area contributed by atoms with Gasteiger partial charge < -0.3 is 34.1 Å². The van der Waals surface area contributed by atoms with Gasteiger partial charge in [0.1, 0.15) is 35.4 Å². The van der Waals surface area contributed by atoms with E-state index in [2.05, 4.69) is 14.8 Å². The van der Waals surface area contributed by atoms with Crippen LogP contribution in [-0.2, 0) is 15.0 Å². The van der Waals surface area contributed by atoms with Crippen LogP contribution in [0.15, 0.2) is 30.3 Å². The normalized spacial score (nSPS) is 29.8. The molecule has 1 fully saturated rings. The number of halogens is 2. The van der Waals surface area contributed by atoms with E-state index in [0.717, 1.165) is 18.4 Å². The lowest BCUT2D eigenvalue weighted by Crippen LogP contribution is -2.47. The predicted molar refractivity (Wildman–Crippen MR) is 131 cm³/mol. The molecule has 3 atom stereocenters. The van der Waals surface area contributed by atoms with Gasteiger partial charge in [-0.05, 0) is 56.7 Å². The fourth-order valence-electron chi connectivity index (χ4n) is 6.10. The quantitative estimate of drug-likeness (QED) is 0.562. The standard InChI is InChI=1S/C28H29F2NO8/c1-27(13-36-22-12-24-23(10-18(22)27)38-28(29,30)39-24)26(34)31-19-11-20(14-3-5-15(6-4-14)25(32)33)37-21-9-16(35-2)7-8-17(19)21/h7-10,12,14-15,19-20H,3-6,11,13H2,1-2H3,(H,31,34)(H,32,33)/t14-,15+,19-,20-,27+/m1/s1. The Morgan fingerprint density at radius 2 is 1.74 bits per heavy atom. The molecule has 3 heterocycles. The van der Waals surface area contributed by atoms with Crippen LogP contribution in [0.3, 0.4) is 0 Å². The minimum atomic E-state index is -3.78. The van der Waals surface area contributed by atoms with E-state index in [0.29, 0.717) is 36.3 Å². The van der Waals surface area contributed by atoms with Gasteiger partial charge in [0.05, 0.1) is 19.1 Å². The van der Waals surface area contributed by atoms with Crippen molar-refractivity contribution in [2.45, 2.75) is 62.9 Å². The van der Waals surface area contributed by atoms with Gasteiger partial charge >= 0.3 is 12.3 Å². The molecule has 6 rings (SSSR count). The summed E-state index contributed by atoms with van der Waals surface area (Å²) in [5.41, 5.74) is 0.0734. The zero-order valence-electron chi connectivity index (χ0n) is 21.5. The first kappa shape index (κ1) is 25.5. The van der Waals surface area contributed by atoms with Crippen LogP contribution in [0, 0.1) is 11.8 Å². The minimum absolute atomic E-state index is 0.0226. The Balaban J connectivity index is 1.25. The van der Waals surface area contributed by atoms with Crippen LogP contribution in [0.25, 0.3) is 0 Å². The molecule has 0 spiro atoms. The summed E-state index contributed by atoms with van der Waals surface area (Å²) in [6.07, 6.45) is -0.879. The third-order valence-electron chi connectivity index (χ3n) is 8.41. The summed E-state index contributed by atoms with van der Waals surface area (Å²) in [5.74, 6) is -0.0662. The van der Waals surface area contributed by atoms with Crippen molar-refractivity contribution in [3.05, 3.63) is 41.5 Å². The zero-order valence-corrected chi connectivity index (χ0v) is 21.5. The SMILES string of the molecule is COc1ccc2c(c1)O[C@@H]([C@H]1CC[C@@H](C(=O)O)CC1)C[C@H]2NC(=O)[C@@]1(C)COc2cc3c(cc21)OC(F)(F)O3. The van der Waals surface area contributed by atoms with Gasteiger partial charge in [0.15, 0.2) is 11.5 Å². The highest BCUT2D eigenvalue weighted by molar-refractivity contribution is 5.90. The van der Waals surface area contributed by atoms with Crippen molar-refractivity contribution >= 4 is 11.9 Å². The predicted octanol–water partition coefficient (Wildman–Crippen LogP) is 4.57. The average Bonchev–Trinajstić information content (AvgIpc) is 3.41. The number of carbonyl (C=O) groups excluding carboxylic acids is 1. The molecule has 0 radical (unpaired) electrons. The van der Waals surface area contributed by atoms with E-state index in [1.165, 1.54) is 12.1 Å². The number of benzene rings is 2. The smallest absolute Gasteiger partial charge is 0.497 e. The van der Waals surface area contributed by atoms with E-state index in [-0.39, 0.29) is 47.7 Å². The molecule has 1 amide bonds. The molecule has 2 N–H and O–H groups in total. The molecule has 0 unspecified atom stereocenters. The number of carboxylic acids is 1. The summed E-state index contributed by atoms with van der Waals surface area (Å²) < 4.78 is 53.9. The van der Waals surface area contributed by atoms with Gasteiger partial charge in [0.2, 0.25) is 5.91 Å². The number of methoxy groups -OCH3 is 1. The molecule has 4 aliphatic rings. The van der Waals surface area contributed by atoms with Crippen molar-refractivity contribution in [1.29, 1.82) is 0 Å². The molecule has 2 aromatic rings. The molecule has 2 aromatic carbocycles. The summed E-state index contributed by atoms with van der Waals surface area (Å²) in [6, 6.07) is 7.76. The molecule has 39 heavy (non-hydrogen) atoms. The Kier molecular flexibility index (Phi) is 6.00. The lowest BCUT2D eigenvalue weighted by molar-refractivity contribution is -0.286. The summed E-state index contributed by atoms with van der Waals surface area (Å²) in [4.78, 5) is 25.2. The Labute approximate surface area is 223 Å². The highest BCUT2D eigenvalue weighted by Crippen LogP contribution is 2.50. The van der Waals surface area contributed by atoms with Gasteiger partial charge in [-0.3, -0.25) is 9.59 Å². The molecule has 3 aliphatic heterocycles. The van der Waals surface area contributed by atoms with Crippen molar-refractivity contribution in [3.63, 3.8) is 0 Å². The largest absolute Gasteiger partial charge is 0.586 e. The summed E-state index contributed by atoms with van der Waals surface area (Å²) in [6.45, 7) is 1.72. The van der Waals surface area contributed by atoms with Crippen LogP contribution in [0.1, 0.15) is 56.2 Å². The van der Waals surface area contributed by atoms with Gasteiger partial charge in [-0.25, -0.2) is 0 Å². The first-order chi connectivity index (χ1) is 18.6. The molecule has 9 nitrogen and oxygen atoms in total. The molecular formula is C28H29F2NO8. The van der Waals surface area contributed by atoms with Crippen LogP contribution >= 0.6 is 0 Å². The van der Waals surface area contributed by atoms with E-state index < -0.39 is 23.7 Å². The summed E-state index contributed by atoms with van der Waals surface area (Å²) in [7, 11) is 1.56. The number of hydrogen-bond acceptors (Lipinski definition) is 7. The minimum Gasteiger partial charge on any atom is -0.497 e. The zero-order chi connectivity index (χ0) is 27.5. The molecule has 0 aromatic heterocycles. The summed E-state index contributed by atoms with van der Waals surface area (Å²) in [5, 5.41) is 12.5. The number of carbonyl (C=O) groups is 2. The van der Waals surface area contributed by atoms with E-state index in [1.807, 2.05) is 6.07 Å². The van der Waals surface area contributed by atoms with Crippen LogP contribution in [0.4, 0.5) is 8.78 Å². The Bertz CT molecular complexity index is 1320. The van der Waals surface area contributed by atoms with Crippen LogP contribution in [-0.4, -0.2) is 43.1 Å². The highest BCUT2D eigenvalue weighted by atomic mass is 19.3. The molecule has 1 saturated carbocycles. The highest BCUT2D eigenvalue weighted by Gasteiger charge is 2.49. The van der Waals surface area contributed by atoms with Gasteiger partial charge in [-0.15, -0.1) is 8.78 Å². The van der Waals surface area contributed by atoms with E-state index in [1.54, 1.807) is 26.2 Å². The second-order valence-electron chi connectivity index (χ2n) is 10.9. The Morgan fingerprint density at radius 3 is 2.44 bits per heavy atom. The van der Waals surface area contributed by atoms with Gasteiger partial charge in [-0.1, -0.05) is 0 Å². The third kappa shape index (κ3) is 4.47.